The van der Waals surface area contributed by atoms with Crippen LogP contribution in [-0.4, -0.2) is 25.2 Å². The summed E-state index contributed by atoms with van der Waals surface area (Å²) in [5, 5.41) is 2.42. The summed E-state index contributed by atoms with van der Waals surface area (Å²) in [7, 11) is 1.16. The number of esters is 1. The van der Waals surface area contributed by atoms with Crippen molar-refractivity contribution in [1.82, 2.24) is 5.32 Å². The van der Waals surface area contributed by atoms with Crippen LogP contribution >= 0.6 is 0 Å². The Balaban J connectivity index is 2.04. The molecule has 0 saturated carbocycles. The molecule has 0 aliphatic carbocycles. The summed E-state index contributed by atoms with van der Waals surface area (Å²) in [5.41, 5.74) is 0.565. The lowest BCUT2D eigenvalue weighted by molar-refractivity contribution is -0.141. The van der Waals surface area contributed by atoms with Crippen LogP contribution in [0.1, 0.15) is 17.5 Å². The molecular formula is C19H18F3NO4. The van der Waals surface area contributed by atoms with Crippen molar-refractivity contribution >= 4 is 12.1 Å². The highest BCUT2D eigenvalue weighted by molar-refractivity contribution is 5.72. The Labute approximate surface area is 154 Å². The van der Waals surface area contributed by atoms with E-state index in [2.05, 4.69) is 10.1 Å². The fourth-order valence-electron chi connectivity index (χ4n) is 2.38. The van der Waals surface area contributed by atoms with Crippen LogP contribution in [0.5, 0.6) is 0 Å². The first-order valence-corrected chi connectivity index (χ1v) is 8.06. The van der Waals surface area contributed by atoms with Crippen molar-refractivity contribution in [1.29, 1.82) is 0 Å². The van der Waals surface area contributed by atoms with Gasteiger partial charge in [-0.2, -0.15) is 0 Å². The number of amides is 1. The summed E-state index contributed by atoms with van der Waals surface area (Å²) in [6.45, 7) is -0.00282. The minimum atomic E-state index is -1.32. The van der Waals surface area contributed by atoms with Gasteiger partial charge in [0.1, 0.15) is 12.4 Å². The van der Waals surface area contributed by atoms with Gasteiger partial charge in [-0.05, 0) is 23.6 Å². The average Bonchev–Trinajstić information content (AvgIpc) is 2.65. The van der Waals surface area contributed by atoms with Crippen LogP contribution in [0.15, 0.2) is 42.5 Å². The molecule has 144 valence electrons. The van der Waals surface area contributed by atoms with Crippen LogP contribution < -0.4 is 5.32 Å². The van der Waals surface area contributed by atoms with Gasteiger partial charge in [0.05, 0.1) is 13.5 Å². The lowest BCUT2D eigenvalue weighted by Crippen LogP contribution is -2.38. The van der Waals surface area contributed by atoms with Crippen LogP contribution in [0, 0.1) is 17.5 Å². The van der Waals surface area contributed by atoms with Crippen LogP contribution in [0.3, 0.4) is 0 Å². The van der Waals surface area contributed by atoms with Crippen molar-refractivity contribution in [3.63, 3.8) is 0 Å². The Morgan fingerprint density at radius 1 is 1.04 bits per heavy atom. The molecule has 1 atom stereocenters. The van der Waals surface area contributed by atoms with E-state index in [0.29, 0.717) is 12.1 Å². The molecule has 8 heteroatoms. The molecule has 1 N–H and O–H groups in total. The topological polar surface area (TPSA) is 64.6 Å². The molecule has 5 nitrogen and oxygen atoms in total. The Kier molecular flexibility index (Phi) is 7.22. The smallest absolute Gasteiger partial charge is 0.407 e. The maximum atomic E-state index is 13.9. The van der Waals surface area contributed by atoms with Crippen LogP contribution in [0.4, 0.5) is 18.0 Å². The third-order valence-electron chi connectivity index (χ3n) is 3.73. The van der Waals surface area contributed by atoms with Gasteiger partial charge in [-0.25, -0.2) is 18.0 Å². The molecule has 0 radical (unpaired) electrons. The maximum Gasteiger partial charge on any atom is 0.407 e. The normalized spacial score (nSPS) is 11.6. The fraction of sp³-hybridized carbons (Fsp3) is 0.263. The minimum absolute atomic E-state index is 0.00282. The lowest BCUT2D eigenvalue weighted by atomic mass is 10.0. The number of hydrogen-bond donors (Lipinski definition) is 1. The van der Waals surface area contributed by atoms with Crippen LogP contribution in [-0.2, 0) is 27.3 Å². The van der Waals surface area contributed by atoms with Gasteiger partial charge in [0.15, 0.2) is 11.6 Å². The standard InChI is InChI=1S/C19H18F3NO4/c1-26-18(24)9-14(7-13-8-16(21)17(22)10-15(13)20)23-19(25)27-11-12-5-3-2-4-6-12/h2-6,8,10,14H,7,9,11H2,1H3,(H,23,25). The minimum Gasteiger partial charge on any atom is -0.469 e. The van der Waals surface area contributed by atoms with Crippen molar-refractivity contribution in [2.75, 3.05) is 7.11 Å². The number of hydrogen-bond acceptors (Lipinski definition) is 4. The lowest BCUT2D eigenvalue weighted by Gasteiger charge is -2.18. The van der Waals surface area contributed by atoms with Gasteiger partial charge in [0, 0.05) is 12.1 Å². The molecule has 2 aromatic carbocycles. The molecule has 2 rings (SSSR count). The van der Waals surface area contributed by atoms with E-state index < -0.39 is 35.6 Å². The first kappa shape index (κ1) is 20.3. The SMILES string of the molecule is COC(=O)CC(Cc1cc(F)c(F)cc1F)NC(=O)OCc1ccccc1. The zero-order chi connectivity index (χ0) is 19.8. The van der Waals surface area contributed by atoms with E-state index in [-0.39, 0.29) is 25.0 Å². The fourth-order valence-corrected chi connectivity index (χ4v) is 2.38. The molecule has 1 amide bonds. The van der Waals surface area contributed by atoms with Crippen molar-refractivity contribution < 1.29 is 32.2 Å². The molecule has 27 heavy (non-hydrogen) atoms. The van der Waals surface area contributed by atoms with Gasteiger partial charge in [-0.3, -0.25) is 4.79 Å². The quantitative estimate of drug-likeness (QED) is 0.589. The van der Waals surface area contributed by atoms with E-state index in [1.54, 1.807) is 24.3 Å². The Morgan fingerprint density at radius 3 is 2.37 bits per heavy atom. The molecule has 0 aliphatic heterocycles. The predicted molar refractivity (Wildman–Crippen MR) is 90.2 cm³/mol. The Bertz CT molecular complexity index is 799. The first-order chi connectivity index (χ1) is 12.9. The van der Waals surface area contributed by atoms with Gasteiger partial charge < -0.3 is 14.8 Å². The highest BCUT2D eigenvalue weighted by Crippen LogP contribution is 2.16. The van der Waals surface area contributed by atoms with E-state index in [9.17, 15) is 22.8 Å². The van der Waals surface area contributed by atoms with Crippen molar-refractivity contribution in [2.45, 2.75) is 25.5 Å². The summed E-state index contributed by atoms with van der Waals surface area (Å²) >= 11 is 0. The number of carbonyl (C=O) groups excluding carboxylic acids is 2. The number of carbonyl (C=O) groups is 2. The number of methoxy groups -OCH3 is 1. The molecule has 0 fully saturated rings. The highest BCUT2D eigenvalue weighted by atomic mass is 19.2. The zero-order valence-electron chi connectivity index (χ0n) is 14.5. The van der Waals surface area contributed by atoms with E-state index in [1.165, 1.54) is 0 Å². The third-order valence-corrected chi connectivity index (χ3v) is 3.73. The molecule has 0 saturated heterocycles. The number of halogens is 3. The number of rotatable bonds is 7. The summed E-state index contributed by atoms with van der Waals surface area (Å²) in [6, 6.07) is 9.06. The molecule has 2 aromatic rings. The largest absolute Gasteiger partial charge is 0.469 e. The van der Waals surface area contributed by atoms with E-state index in [1.807, 2.05) is 6.07 Å². The second-order valence-corrected chi connectivity index (χ2v) is 5.75. The van der Waals surface area contributed by atoms with E-state index >= 15 is 0 Å². The summed E-state index contributed by atoms with van der Waals surface area (Å²) in [6.07, 6.45) is -1.38. The summed E-state index contributed by atoms with van der Waals surface area (Å²) < 4.78 is 49.9. The Morgan fingerprint density at radius 2 is 1.70 bits per heavy atom. The molecular weight excluding hydrogens is 363 g/mol. The number of benzene rings is 2. The van der Waals surface area contributed by atoms with Gasteiger partial charge >= 0.3 is 12.1 Å². The van der Waals surface area contributed by atoms with Crippen LogP contribution in [0.25, 0.3) is 0 Å². The molecule has 0 aliphatic rings. The molecule has 0 spiro atoms. The maximum absolute atomic E-state index is 13.9. The number of nitrogens with one attached hydrogen (secondary N) is 1. The van der Waals surface area contributed by atoms with E-state index in [4.69, 9.17) is 4.74 Å². The summed E-state index contributed by atoms with van der Waals surface area (Å²) in [5.74, 6) is -4.19. The molecule has 0 bridgehead atoms. The summed E-state index contributed by atoms with van der Waals surface area (Å²) in [4.78, 5) is 23.5. The van der Waals surface area contributed by atoms with Crippen molar-refractivity contribution in [3.8, 4) is 0 Å². The van der Waals surface area contributed by atoms with Gasteiger partial charge in [0.25, 0.3) is 0 Å². The zero-order valence-corrected chi connectivity index (χ0v) is 14.5. The molecule has 0 heterocycles. The molecule has 0 aromatic heterocycles. The second-order valence-electron chi connectivity index (χ2n) is 5.75. The number of alkyl carbamates (subject to hydrolysis) is 1. The van der Waals surface area contributed by atoms with Crippen molar-refractivity contribution in [2.24, 2.45) is 0 Å². The van der Waals surface area contributed by atoms with Gasteiger partial charge in [-0.15, -0.1) is 0 Å². The highest BCUT2D eigenvalue weighted by Gasteiger charge is 2.21. The van der Waals surface area contributed by atoms with Gasteiger partial charge in [0.2, 0.25) is 0 Å². The van der Waals surface area contributed by atoms with E-state index in [0.717, 1.165) is 12.7 Å². The van der Waals surface area contributed by atoms with Crippen LogP contribution in [0.2, 0.25) is 0 Å². The monoisotopic (exact) mass is 381 g/mol. The molecule has 1 unspecified atom stereocenters. The van der Waals surface area contributed by atoms with Gasteiger partial charge in [-0.1, -0.05) is 30.3 Å². The number of ether oxygens (including phenoxy) is 2. The van der Waals surface area contributed by atoms with Crippen molar-refractivity contribution in [3.05, 3.63) is 71.0 Å². The Hall–Kier alpha value is -3.03. The second kappa shape index (κ2) is 9.61. The first-order valence-electron chi connectivity index (χ1n) is 8.06. The predicted octanol–water partition coefficient (Wildman–Crippen LogP) is 3.50. The third kappa shape index (κ3) is 6.32. The average molecular weight is 381 g/mol.